The van der Waals surface area contributed by atoms with Gasteiger partial charge < -0.3 is 24.3 Å². The first kappa shape index (κ1) is 16.2. The van der Waals surface area contributed by atoms with Crippen LogP contribution in [0.15, 0.2) is 6.20 Å². The normalized spacial score (nSPS) is 19.9. The third-order valence-electron chi connectivity index (χ3n) is 2.89. The summed E-state index contributed by atoms with van der Waals surface area (Å²) in [5, 5.41) is 17.1. The second kappa shape index (κ2) is 6.28. The molecule has 0 aromatic carbocycles. The molecule has 1 amide bonds. The topological polar surface area (TPSA) is 118 Å². The number of nitrogens with zero attached hydrogens (tertiary/aromatic N) is 3. The maximum atomic E-state index is 11.4. The molecule has 0 aliphatic carbocycles. The molecule has 1 fully saturated rings. The molecule has 1 aliphatic rings. The molecule has 122 valence electrons. The van der Waals surface area contributed by atoms with E-state index in [1.165, 1.54) is 10.9 Å². The van der Waals surface area contributed by atoms with Crippen molar-refractivity contribution in [3.05, 3.63) is 16.3 Å². The first-order valence-corrected chi connectivity index (χ1v) is 6.78. The molecule has 1 N–H and O–H groups in total. The molecular weight excluding hydrogens is 296 g/mol. The molecule has 1 aromatic heterocycles. The van der Waals surface area contributed by atoms with Gasteiger partial charge in [-0.05, 0) is 25.7 Å². The maximum Gasteiger partial charge on any atom is 0.413 e. The lowest BCUT2D eigenvalue weighted by molar-refractivity contribution is -0.388. The molecule has 0 radical (unpaired) electrons. The Labute approximate surface area is 126 Å². The summed E-state index contributed by atoms with van der Waals surface area (Å²) in [7, 11) is 0. The van der Waals surface area contributed by atoms with Crippen LogP contribution in [0.5, 0.6) is 0 Å². The number of rotatable bonds is 5. The molecule has 10 nitrogen and oxygen atoms in total. The van der Waals surface area contributed by atoms with E-state index in [0.717, 1.165) is 0 Å². The number of amides is 1. The fraction of sp³-hybridized carbons (Fsp3) is 0.667. The van der Waals surface area contributed by atoms with Gasteiger partial charge in [-0.25, -0.2) is 4.79 Å². The van der Waals surface area contributed by atoms with Crippen molar-refractivity contribution >= 4 is 17.6 Å². The minimum absolute atomic E-state index is 0.0263. The van der Waals surface area contributed by atoms with Gasteiger partial charge in [0.15, 0.2) is 11.5 Å². The van der Waals surface area contributed by atoms with Crippen LogP contribution in [0.25, 0.3) is 0 Å². The number of nitro groups is 1. The van der Waals surface area contributed by atoms with Crippen molar-refractivity contribution in [2.75, 3.05) is 18.5 Å². The van der Waals surface area contributed by atoms with E-state index in [4.69, 9.17) is 14.2 Å². The predicted molar refractivity (Wildman–Crippen MR) is 74.4 cm³/mol. The number of hydrogen-bond donors (Lipinski definition) is 1. The van der Waals surface area contributed by atoms with Crippen LogP contribution in [-0.4, -0.2) is 45.9 Å². The average Bonchev–Trinajstić information content (AvgIpc) is 2.93. The third kappa shape index (κ3) is 3.92. The van der Waals surface area contributed by atoms with E-state index < -0.39 is 22.6 Å². The van der Waals surface area contributed by atoms with Crippen LogP contribution in [0.1, 0.15) is 20.8 Å². The fourth-order valence-corrected chi connectivity index (χ4v) is 2.07. The molecule has 10 heteroatoms. The molecule has 1 atom stereocenters. The van der Waals surface area contributed by atoms with Crippen molar-refractivity contribution in [3.8, 4) is 0 Å². The summed E-state index contributed by atoms with van der Waals surface area (Å²) in [5.41, 5.74) is -0.0263. The first-order valence-electron chi connectivity index (χ1n) is 6.78. The van der Waals surface area contributed by atoms with E-state index in [0.29, 0.717) is 6.61 Å². The summed E-state index contributed by atoms with van der Waals surface area (Å²) in [6.45, 7) is 6.00. The molecule has 2 heterocycles. The summed E-state index contributed by atoms with van der Waals surface area (Å²) in [6, 6.07) is 0. The Bertz CT molecular complexity index is 570. The van der Waals surface area contributed by atoms with Gasteiger partial charge in [0.25, 0.3) is 0 Å². The van der Waals surface area contributed by atoms with Crippen LogP contribution in [0.3, 0.4) is 0 Å². The lowest BCUT2D eigenvalue weighted by Crippen LogP contribution is -2.24. The highest BCUT2D eigenvalue weighted by Crippen LogP contribution is 2.26. The summed E-state index contributed by atoms with van der Waals surface area (Å²) in [5.74, 6) is -1.14. The minimum atomic E-state index is -0.772. The maximum absolute atomic E-state index is 11.4. The van der Waals surface area contributed by atoms with E-state index >= 15 is 0 Å². The van der Waals surface area contributed by atoms with Crippen molar-refractivity contribution in [2.45, 2.75) is 39.2 Å². The van der Waals surface area contributed by atoms with Gasteiger partial charge >= 0.3 is 11.9 Å². The van der Waals surface area contributed by atoms with E-state index in [1.54, 1.807) is 20.8 Å². The van der Waals surface area contributed by atoms with Crippen LogP contribution >= 0.6 is 0 Å². The monoisotopic (exact) mass is 314 g/mol. The van der Waals surface area contributed by atoms with Gasteiger partial charge in [-0.15, -0.1) is 0 Å². The van der Waals surface area contributed by atoms with Crippen molar-refractivity contribution < 1.29 is 23.9 Å². The number of aromatic nitrogens is 2. The van der Waals surface area contributed by atoms with Crippen molar-refractivity contribution in [3.63, 3.8) is 0 Å². The Kier molecular flexibility index (Phi) is 4.62. The summed E-state index contributed by atoms with van der Waals surface area (Å²) < 4.78 is 17.1. The number of hydrogen-bond acceptors (Lipinski definition) is 7. The second-order valence-electron chi connectivity index (χ2n) is 5.14. The van der Waals surface area contributed by atoms with Crippen LogP contribution in [0.2, 0.25) is 0 Å². The minimum Gasteiger partial charge on any atom is -0.450 e. The van der Waals surface area contributed by atoms with Gasteiger partial charge in [-0.1, -0.05) is 0 Å². The average molecular weight is 314 g/mol. The molecule has 22 heavy (non-hydrogen) atoms. The number of carbonyl (C=O) groups is 1. The zero-order chi connectivity index (χ0) is 16.3. The highest BCUT2D eigenvalue weighted by atomic mass is 16.7. The number of ether oxygens (including phenoxy) is 3. The van der Waals surface area contributed by atoms with Crippen molar-refractivity contribution in [1.82, 2.24) is 9.78 Å². The summed E-state index contributed by atoms with van der Waals surface area (Å²) in [6.07, 6.45) is 0.320. The second-order valence-corrected chi connectivity index (χ2v) is 5.14. The molecule has 2 rings (SSSR count). The molecule has 1 aliphatic heterocycles. The molecular formula is C12H18N4O6. The van der Waals surface area contributed by atoms with Crippen molar-refractivity contribution in [2.24, 2.45) is 0 Å². The Morgan fingerprint density at radius 1 is 1.68 bits per heavy atom. The van der Waals surface area contributed by atoms with E-state index in [-0.39, 0.29) is 24.9 Å². The number of anilines is 1. The highest BCUT2D eigenvalue weighted by Gasteiger charge is 2.34. The van der Waals surface area contributed by atoms with Gasteiger partial charge in [-0.3, -0.25) is 5.32 Å². The van der Waals surface area contributed by atoms with Gasteiger partial charge in [-0.2, -0.15) is 4.68 Å². The third-order valence-corrected chi connectivity index (χ3v) is 2.89. The number of nitrogens with one attached hydrogen (secondary N) is 1. The van der Waals surface area contributed by atoms with Crippen molar-refractivity contribution in [1.29, 1.82) is 0 Å². The van der Waals surface area contributed by atoms with Gasteiger partial charge in [0.1, 0.15) is 6.10 Å². The van der Waals surface area contributed by atoms with Gasteiger partial charge in [0.2, 0.25) is 0 Å². The molecule has 0 saturated carbocycles. The SMILES string of the molecule is CCOC(=O)Nc1cn(C[C@@H]2COC(C)(C)O2)nc1[N+](=O)[O-]. The summed E-state index contributed by atoms with van der Waals surface area (Å²) in [4.78, 5) is 21.7. The zero-order valence-electron chi connectivity index (χ0n) is 12.6. The van der Waals surface area contributed by atoms with Gasteiger partial charge in [0.05, 0.1) is 31.1 Å². The first-order chi connectivity index (χ1) is 10.3. The Morgan fingerprint density at radius 3 is 2.95 bits per heavy atom. The largest absolute Gasteiger partial charge is 0.450 e. The highest BCUT2D eigenvalue weighted by molar-refractivity contribution is 5.86. The molecule has 1 saturated heterocycles. The van der Waals surface area contributed by atoms with E-state index in [1.807, 2.05) is 0 Å². The Balaban J connectivity index is 2.09. The molecule has 0 bridgehead atoms. The summed E-state index contributed by atoms with van der Waals surface area (Å²) >= 11 is 0. The Hall–Kier alpha value is -2.20. The van der Waals surface area contributed by atoms with E-state index in [2.05, 4.69) is 10.4 Å². The predicted octanol–water partition coefficient (Wildman–Crippen LogP) is 1.51. The molecule has 0 spiro atoms. The van der Waals surface area contributed by atoms with Crippen LogP contribution < -0.4 is 5.32 Å². The van der Waals surface area contributed by atoms with E-state index in [9.17, 15) is 14.9 Å². The quantitative estimate of drug-likeness (QED) is 0.646. The van der Waals surface area contributed by atoms with Crippen LogP contribution in [0, 0.1) is 10.1 Å². The fourth-order valence-electron chi connectivity index (χ4n) is 2.07. The van der Waals surface area contributed by atoms with Gasteiger partial charge in [0, 0.05) is 0 Å². The lowest BCUT2D eigenvalue weighted by atomic mass is 10.4. The van der Waals surface area contributed by atoms with Crippen LogP contribution in [-0.2, 0) is 20.8 Å². The molecule has 1 aromatic rings. The van der Waals surface area contributed by atoms with Crippen LogP contribution in [0.4, 0.5) is 16.3 Å². The molecule has 0 unspecified atom stereocenters. The Morgan fingerprint density at radius 2 is 2.41 bits per heavy atom. The number of carbonyl (C=O) groups excluding carboxylic acids is 1. The lowest BCUT2D eigenvalue weighted by Gasteiger charge is -2.16. The standard InChI is InChI=1S/C12H18N4O6/c1-4-20-11(17)13-9-6-15(14-10(9)16(18)19)5-8-7-21-12(2,3)22-8/h6,8H,4-5,7H2,1-3H3,(H,13,17)/t8-/m1/s1. The zero-order valence-corrected chi connectivity index (χ0v) is 12.6. The smallest absolute Gasteiger partial charge is 0.413 e.